The van der Waals surface area contributed by atoms with Gasteiger partial charge in [0.05, 0.1) is 0 Å². The molecule has 0 aliphatic heterocycles. The number of hydrogen-bond acceptors (Lipinski definition) is 2. The van der Waals surface area contributed by atoms with Crippen LogP contribution in [0.25, 0.3) is 0 Å². The number of carboxylic acid groups (broad SMARTS) is 1. The van der Waals surface area contributed by atoms with Crippen molar-refractivity contribution in [3.05, 3.63) is 29.8 Å². The van der Waals surface area contributed by atoms with Crippen LogP contribution in [0.1, 0.15) is 17.3 Å². The van der Waals surface area contributed by atoms with Crippen LogP contribution < -0.4 is 4.74 Å². The Bertz CT molecular complexity index is 376. The van der Waals surface area contributed by atoms with Gasteiger partial charge in [0.1, 0.15) is 11.3 Å². The lowest BCUT2D eigenvalue weighted by Gasteiger charge is -2.10. The zero-order valence-corrected chi connectivity index (χ0v) is 7.73. The van der Waals surface area contributed by atoms with E-state index >= 15 is 0 Å². The van der Waals surface area contributed by atoms with Crippen molar-refractivity contribution in [2.75, 3.05) is 0 Å². The van der Waals surface area contributed by atoms with Gasteiger partial charge in [-0.3, -0.25) is 0 Å². The molecular formula is C11H10O3. The number of para-hydroxylation sites is 1. The number of carbonyl (C=O) groups is 1. The molecule has 0 spiro atoms. The fraction of sp³-hybridized carbons (Fsp3) is 0.182. The Kier molecular flexibility index (Phi) is 3.14. The molecular weight excluding hydrogens is 180 g/mol. The summed E-state index contributed by atoms with van der Waals surface area (Å²) in [5.41, 5.74) is 0.120. The van der Waals surface area contributed by atoms with E-state index < -0.39 is 12.1 Å². The molecule has 1 aromatic carbocycles. The van der Waals surface area contributed by atoms with Crippen LogP contribution in [0.2, 0.25) is 0 Å². The van der Waals surface area contributed by atoms with E-state index in [0.29, 0.717) is 5.75 Å². The quantitative estimate of drug-likeness (QED) is 0.739. The van der Waals surface area contributed by atoms with Gasteiger partial charge >= 0.3 is 5.97 Å². The maximum absolute atomic E-state index is 10.8. The molecule has 3 heteroatoms. The number of aromatic carboxylic acids is 1. The topological polar surface area (TPSA) is 46.5 Å². The smallest absolute Gasteiger partial charge is 0.339 e. The van der Waals surface area contributed by atoms with E-state index in [-0.39, 0.29) is 5.56 Å². The van der Waals surface area contributed by atoms with Gasteiger partial charge in [0.2, 0.25) is 0 Å². The summed E-state index contributed by atoms with van der Waals surface area (Å²) in [5, 5.41) is 8.82. The second-order valence-electron chi connectivity index (χ2n) is 2.73. The van der Waals surface area contributed by atoms with Gasteiger partial charge in [-0.05, 0) is 19.1 Å². The fourth-order valence-corrected chi connectivity index (χ4v) is 0.971. The van der Waals surface area contributed by atoms with Crippen molar-refractivity contribution in [2.45, 2.75) is 13.0 Å². The van der Waals surface area contributed by atoms with E-state index in [9.17, 15) is 4.79 Å². The number of rotatable bonds is 3. The Morgan fingerprint density at radius 2 is 2.21 bits per heavy atom. The molecule has 3 nitrogen and oxygen atoms in total. The summed E-state index contributed by atoms with van der Waals surface area (Å²) in [6, 6.07) is 6.39. The van der Waals surface area contributed by atoms with Crippen LogP contribution >= 0.6 is 0 Å². The Morgan fingerprint density at radius 3 is 2.79 bits per heavy atom. The molecule has 0 heterocycles. The maximum atomic E-state index is 10.8. The number of ether oxygens (including phenoxy) is 1. The van der Waals surface area contributed by atoms with Crippen molar-refractivity contribution in [2.24, 2.45) is 0 Å². The predicted molar refractivity (Wildman–Crippen MR) is 52.3 cm³/mol. The van der Waals surface area contributed by atoms with E-state index in [1.807, 2.05) is 0 Å². The highest BCUT2D eigenvalue weighted by atomic mass is 16.5. The minimum atomic E-state index is -1.02. The molecule has 0 bridgehead atoms. The van der Waals surface area contributed by atoms with E-state index in [0.717, 1.165) is 0 Å². The average Bonchev–Trinajstić information content (AvgIpc) is 2.18. The predicted octanol–water partition coefficient (Wildman–Crippen LogP) is 1.79. The molecule has 0 aliphatic rings. The zero-order chi connectivity index (χ0) is 10.6. The largest absolute Gasteiger partial charge is 0.478 e. The molecule has 0 saturated heterocycles. The van der Waals surface area contributed by atoms with Crippen molar-refractivity contribution in [3.8, 4) is 18.1 Å². The molecule has 1 unspecified atom stereocenters. The maximum Gasteiger partial charge on any atom is 0.339 e. The summed E-state index contributed by atoms with van der Waals surface area (Å²) in [6.45, 7) is 1.68. The molecule has 14 heavy (non-hydrogen) atoms. The molecule has 0 saturated carbocycles. The lowest BCUT2D eigenvalue weighted by molar-refractivity contribution is 0.0691. The minimum absolute atomic E-state index is 0.120. The van der Waals surface area contributed by atoms with Crippen LogP contribution in [0.5, 0.6) is 5.75 Å². The molecule has 1 N–H and O–H groups in total. The first-order valence-electron chi connectivity index (χ1n) is 4.10. The van der Waals surface area contributed by atoms with Crippen LogP contribution in [-0.2, 0) is 0 Å². The van der Waals surface area contributed by atoms with Crippen LogP contribution in [0.4, 0.5) is 0 Å². The molecule has 0 aliphatic carbocycles. The first kappa shape index (κ1) is 10.1. The van der Waals surface area contributed by atoms with Gasteiger partial charge in [0.25, 0.3) is 0 Å². The summed E-state index contributed by atoms with van der Waals surface area (Å²) < 4.78 is 5.24. The third-order valence-corrected chi connectivity index (χ3v) is 1.66. The molecule has 72 valence electrons. The van der Waals surface area contributed by atoms with Gasteiger partial charge in [0, 0.05) is 0 Å². The molecule has 0 radical (unpaired) electrons. The summed E-state index contributed by atoms with van der Waals surface area (Å²) in [7, 11) is 0. The average molecular weight is 190 g/mol. The Hall–Kier alpha value is -1.95. The van der Waals surface area contributed by atoms with Crippen molar-refractivity contribution < 1.29 is 14.6 Å². The second-order valence-corrected chi connectivity index (χ2v) is 2.73. The van der Waals surface area contributed by atoms with Gasteiger partial charge in [-0.15, -0.1) is 6.42 Å². The number of hydrogen-bond donors (Lipinski definition) is 1. The summed E-state index contributed by atoms with van der Waals surface area (Å²) in [6.07, 6.45) is 4.69. The van der Waals surface area contributed by atoms with Crippen LogP contribution in [0, 0.1) is 12.3 Å². The molecule has 1 atom stereocenters. The lowest BCUT2D eigenvalue weighted by atomic mass is 10.2. The normalized spacial score (nSPS) is 11.4. The summed E-state index contributed by atoms with van der Waals surface area (Å²) >= 11 is 0. The van der Waals surface area contributed by atoms with Crippen molar-refractivity contribution in [1.29, 1.82) is 0 Å². The first-order chi connectivity index (χ1) is 6.65. The highest BCUT2D eigenvalue weighted by molar-refractivity contribution is 5.90. The molecule has 0 fully saturated rings. The van der Waals surface area contributed by atoms with E-state index in [2.05, 4.69) is 5.92 Å². The van der Waals surface area contributed by atoms with Gasteiger partial charge < -0.3 is 9.84 Å². The van der Waals surface area contributed by atoms with Crippen molar-refractivity contribution in [1.82, 2.24) is 0 Å². The molecule has 1 rings (SSSR count). The molecule has 0 aromatic heterocycles. The van der Waals surface area contributed by atoms with E-state index in [1.165, 1.54) is 6.07 Å². The van der Waals surface area contributed by atoms with Gasteiger partial charge in [-0.1, -0.05) is 18.1 Å². The SMILES string of the molecule is C#CC(C)Oc1ccccc1C(=O)O. The second kappa shape index (κ2) is 4.33. The monoisotopic (exact) mass is 190 g/mol. The Balaban J connectivity index is 2.97. The zero-order valence-electron chi connectivity index (χ0n) is 7.73. The molecule has 1 aromatic rings. The first-order valence-corrected chi connectivity index (χ1v) is 4.10. The Labute approximate surface area is 82.3 Å². The highest BCUT2D eigenvalue weighted by Crippen LogP contribution is 2.18. The van der Waals surface area contributed by atoms with Gasteiger partial charge in [0.15, 0.2) is 6.10 Å². The van der Waals surface area contributed by atoms with Crippen LogP contribution in [0.15, 0.2) is 24.3 Å². The fourth-order valence-electron chi connectivity index (χ4n) is 0.971. The molecule has 0 amide bonds. The van der Waals surface area contributed by atoms with Crippen molar-refractivity contribution >= 4 is 5.97 Å². The van der Waals surface area contributed by atoms with Gasteiger partial charge in [-0.25, -0.2) is 4.79 Å². The standard InChI is InChI=1S/C11H10O3/c1-3-8(2)14-10-7-5-4-6-9(10)11(12)13/h1,4-8H,2H3,(H,12,13). The third kappa shape index (κ3) is 2.27. The van der Waals surface area contributed by atoms with Crippen LogP contribution in [-0.4, -0.2) is 17.2 Å². The van der Waals surface area contributed by atoms with E-state index in [4.69, 9.17) is 16.3 Å². The van der Waals surface area contributed by atoms with Gasteiger partial charge in [-0.2, -0.15) is 0 Å². The lowest BCUT2D eigenvalue weighted by Crippen LogP contribution is -2.11. The number of terminal acetylenes is 1. The third-order valence-electron chi connectivity index (χ3n) is 1.66. The van der Waals surface area contributed by atoms with Crippen LogP contribution in [0.3, 0.4) is 0 Å². The Morgan fingerprint density at radius 1 is 1.57 bits per heavy atom. The van der Waals surface area contributed by atoms with Crippen molar-refractivity contribution in [3.63, 3.8) is 0 Å². The summed E-state index contributed by atoms with van der Waals surface area (Å²) in [4.78, 5) is 10.8. The minimum Gasteiger partial charge on any atom is -0.478 e. The summed E-state index contributed by atoms with van der Waals surface area (Å²) in [5.74, 6) is 1.64. The van der Waals surface area contributed by atoms with E-state index in [1.54, 1.807) is 25.1 Å². The number of carboxylic acids is 1. The highest BCUT2D eigenvalue weighted by Gasteiger charge is 2.11. The number of benzene rings is 1.